The highest BCUT2D eigenvalue weighted by Gasteiger charge is 2.11. The van der Waals surface area contributed by atoms with E-state index in [1.54, 1.807) is 0 Å². The average molecular weight is 344 g/mol. The second kappa shape index (κ2) is 4.64. The summed E-state index contributed by atoms with van der Waals surface area (Å²) in [5.41, 5.74) is 0.989. The molecule has 0 atom stereocenters. The summed E-state index contributed by atoms with van der Waals surface area (Å²) in [4.78, 5) is 11.0. The number of carbonyl (C=O) groups excluding carboxylic acids is 1. The van der Waals surface area contributed by atoms with Crippen molar-refractivity contribution in [2.75, 3.05) is 0 Å². The van der Waals surface area contributed by atoms with Crippen molar-refractivity contribution in [3.05, 3.63) is 21.9 Å². The molecule has 2 rings (SSSR count). The number of halogens is 1. The van der Waals surface area contributed by atoms with Crippen molar-refractivity contribution in [2.45, 2.75) is 26.8 Å². The van der Waals surface area contributed by atoms with Crippen molar-refractivity contribution in [3.63, 3.8) is 0 Å². The zero-order chi connectivity index (χ0) is 12.6. The molecule has 0 amide bonds. The van der Waals surface area contributed by atoms with Gasteiger partial charge in [0.05, 0.1) is 11.7 Å². The molecule has 0 bridgehead atoms. The van der Waals surface area contributed by atoms with Crippen LogP contribution in [0.2, 0.25) is 0 Å². The monoisotopic (exact) mass is 344 g/mol. The Morgan fingerprint density at radius 3 is 2.76 bits per heavy atom. The molecule has 17 heavy (non-hydrogen) atoms. The molecule has 4 nitrogen and oxygen atoms in total. The molecule has 0 aliphatic heterocycles. The van der Waals surface area contributed by atoms with Crippen LogP contribution in [0.1, 0.15) is 26.8 Å². The van der Waals surface area contributed by atoms with Crippen LogP contribution in [0.15, 0.2) is 18.3 Å². The molecule has 0 fully saturated rings. The van der Waals surface area contributed by atoms with Crippen molar-refractivity contribution in [2.24, 2.45) is 0 Å². The minimum Gasteiger partial charge on any atom is -0.427 e. The highest BCUT2D eigenvalue weighted by atomic mass is 127. The van der Waals surface area contributed by atoms with E-state index in [4.69, 9.17) is 4.74 Å². The Labute approximate surface area is 113 Å². The second-order valence-corrected chi connectivity index (χ2v) is 5.28. The highest BCUT2D eigenvalue weighted by molar-refractivity contribution is 14.1. The lowest BCUT2D eigenvalue weighted by molar-refractivity contribution is -0.131. The van der Waals surface area contributed by atoms with Crippen LogP contribution in [-0.2, 0) is 4.79 Å². The van der Waals surface area contributed by atoms with Gasteiger partial charge in [0.25, 0.3) is 0 Å². The average Bonchev–Trinajstić information content (AvgIpc) is 2.60. The third kappa shape index (κ3) is 2.43. The van der Waals surface area contributed by atoms with E-state index >= 15 is 0 Å². The molecule has 2 aromatic rings. The van der Waals surface area contributed by atoms with Gasteiger partial charge in [-0.05, 0) is 42.5 Å². The molecular weight excluding hydrogens is 331 g/mol. The molecule has 1 aromatic carbocycles. The van der Waals surface area contributed by atoms with E-state index in [9.17, 15) is 4.79 Å². The van der Waals surface area contributed by atoms with Crippen LogP contribution in [0.3, 0.4) is 0 Å². The van der Waals surface area contributed by atoms with Crippen molar-refractivity contribution in [3.8, 4) is 5.75 Å². The van der Waals surface area contributed by atoms with Crippen LogP contribution in [-0.4, -0.2) is 15.7 Å². The molecule has 5 heteroatoms. The number of ether oxygens (including phenoxy) is 1. The number of hydrogen-bond donors (Lipinski definition) is 0. The lowest BCUT2D eigenvalue weighted by atomic mass is 10.2. The first-order valence-corrected chi connectivity index (χ1v) is 6.42. The number of nitrogens with zero attached hydrogens (tertiary/aromatic N) is 2. The van der Waals surface area contributed by atoms with Crippen molar-refractivity contribution in [1.82, 2.24) is 9.78 Å². The number of aromatic nitrogens is 2. The number of rotatable bonds is 2. The lowest BCUT2D eigenvalue weighted by Crippen LogP contribution is -2.04. The van der Waals surface area contributed by atoms with E-state index in [1.807, 2.05) is 23.0 Å². The minimum absolute atomic E-state index is 0.274. The molecule has 0 N–H and O–H groups in total. The van der Waals surface area contributed by atoms with E-state index in [0.29, 0.717) is 5.75 Å². The molecule has 0 radical (unpaired) electrons. The van der Waals surface area contributed by atoms with E-state index < -0.39 is 0 Å². The van der Waals surface area contributed by atoms with Gasteiger partial charge in [0.15, 0.2) is 0 Å². The van der Waals surface area contributed by atoms with Gasteiger partial charge in [0.1, 0.15) is 5.75 Å². The highest BCUT2D eigenvalue weighted by Crippen LogP contribution is 2.28. The van der Waals surface area contributed by atoms with Crippen LogP contribution in [0.25, 0.3) is 10.9 Å². The fourth-order valence-corrected chi connectivity index (χ4v) is 2.44. The van der Waals surface area contributed by atoms with Gasteiger partial charge < -0.3 is 4.74 Å². The van der Waals surface area contributed by atoms with Crippen molar-refractivity contribution >= 4 is 39.5 Å². The van der Waals surface area contributed by atoms with E-state index in [0.717, 1.165) is 14.5 Å². The van der Waals surface area contributed by atoms with Gasteiger partial charge in [-0.15, -0.1) is 0 Å². The zero-order valence-corrected chi connectivity index (χ0v) is 12.1. The zero-order valence-electron chi connectivity index (χ0n) is 9.90. The Morgan fingerprint density at radius 2 is 2.18 bits per heavy atom. The van der Waals surface area contributed by atoms with Crippen LogP contribution in [0.4, 0.5) is 0 Å². The standard InChI is InChI=1S/C12H13IN2O2/c1-7(2)15-12-5-9(17-8(3)16)4-11(13)10(12)6-14-15/h4-7H,1-3H3. The maximum absolute atomic E-state index is 11.0. The van der Waals surface area contributed by atoms with Crippen molar-refractivity contribution in [1.29, 1.82) is 0 Å². The van der Waals surface area contributed by atoms with Gasteiger partial charge in [0, 0.05) is 28.0 Å². The topological polar surface area (TPSA) is 44.1 Å². The summed E-state index contributed by atoms with van der Waals surface area (Å²) >= 11 is 2.22. The maximum Gasteiger partial charge on any atom is 0.308 e. The van der Waals surface area contributed by atoms with E-state index in [-0.39, 0.29) is 12.0 Å². The smallest absolute Gasteiger partial charge is 0.308 e. The number of hydrogen-bond acceptors (Lipinski definition) is 3. The maximum atomic E-state index is 11.0. The van der Waals surface area contributed by atoms with Gasteiger partial charge in [0.2, 0.25) is 0 Å². The van der Waals surface area contributed by atoms with Crippen LogP contribution >= 0.6 is 22.6 Å². The predicted octanol–water partition coefficient (Wildman–Crippen LogP) is 3.15. The quantitative estimate of drug-likeness (QED) is 0.478. The molecular formula is C12H13IN2O2. The van der Waals surface area contributed by atoms with E-state index in [2.05, 4.69) is 41.5 Å². The largest absolute Gasteiger partial charge is 0.427 e. The summed E-state index contributed by atoms with van der Waals surface area (Å²) < 4.78 is 8.07. The predicted molar refractivity (Wildman–Crippen MR) is 74.1 cm³/mol. The summed E-state index contributed by atoms with van der Waals surface area (Å²) in [7, 11) is 0. The Hall–Kier alpha value is -1.11. The number of esters is 1. The summed E-state index contributed by atoms with van der Waals surface area (Å²) in [6, 6.07) is 3.97. The fraction of sp³-hybridized carbons (Fsp3) is 0.333. The first kappa shape index (κ1) is 12.3. The summed E-state index contributed by atoms with van der Waals surface area (Å²) in [6.45, 7) is 5.53. The Kier molecular flexibility index (Phi) is 3.37. The lowest BCUT2D eigenvalue weighted by Gasteiger charge is -2.09. The molecule has 0 spiro atoms. The number of carbonyl (C=O) groups is 1. The molecule has 0 unspecified atom stereocenters. The normalized spacial score (nSPS) is 11.1. The number of benzene rings is 1. The summed E-state index contributed by atoms with van der Waals surface area (Å²) in [5, 5.41) is 5.43. The van der Waals surface area contributed by atoms with Gasteiger partial charge in [-0.3, -0.25) is 9.48 Å². The molecule has 0 saturated heterocycles. The third-order valence-electron chi connectivity index (χ3n) is 2.39. The Balaban J connectivity index is 2.60. The minimum atomic E-state index is -0.309. The molecule has 90 valence electrons. The molecule has 0 aliphatic rings. The number of fused-ring (bicyclic) bond motifs is 1. The second-order valence-electron chi connectivity index (χ2n) is 4.11. The Morgan fingerprint density at radius 1 is 1.47 bits per heavy atom. The van der Waals surface area contributed by atoms with E-state index in [1.165, 1.54) is 6.92 Å². The SMILES string of the molecule is CC(=O)Oc1cc(I)c2cnn(C(C)C)c2c1. The van der Waals surface area contributed by atoms with Crippen LogP contribution in [0, 0.1) is 3.57 Å². The van der Waals surface area contributed by atoms with Crippen LogP contribution < -0.4 is 4.74 Å². The van der Waals surface area contributed by atoms with Crippen molar-refractivity contribution < 1.29 is 9.53 Å². The molecule has 0 aliphatic carbocycles. The summed E-state index contributed by atoms with van der Waals surface area (Å²) in [5.74, 6) is 0.257. The molecule has 1 heterocycles. The first-order valence-electron chi connectivity index (χ1n) is 5.34. The van der Waals surface area contributed by atoms with Gasteiger partial charge in [-0.1, -0.05) is 0 Å². The van der Waals surface area contributed by atoms with Gasteiger partial charge >= 0.3 is 5.97 Å². The molecule has 1 aromatic heterocycles. The van der Waals surface area contributed by atoms with Gasteiger partial charge in [-0.25, -0.2) is 0 Å². The molecule has 0 saturated carbocycles. The third-order valence-corrected chi connectivity index (χ3v) is 3.28. The summed E-state index contributed by atoms with van der Waals surface area (Å²) in [6.07, 6.45) is 1.84. The first-order chi connectivity index (χ1) is 7.99. The fourth-order valence-electron chi connectivity index (χ4n) is 1.72. The van der Waals surface area contributed by atoms with Gasteiger partial charge in [-0.2, -0.15) is 5.10 Å². The Bertz CT molecular complexity index is 575. The van der Waals surface area contributed by atoms with Crippen LogP contribution in [0.5, 0.6) is 5.75 Å².